The Hall–Kier alpha value is -1.26. The summed E-state index contributed by atoms with van der Waals surface area (Å²) >= 11 is 0. The van der Waals surface area contributed by atoms with Crippen molar-refractivity contribution in [1.29, 1.82) is 0 Å². The van der Waals surface area contributed by atoms with Crippen LogP contribution < -0.4 is 9.47 Å². The zero-order valence-electron chi connectivity index (χ0n) is 10.9. The molecule has 0 atom stereocenters. The largest absolute Gasteiger partial charge is 0.497 e. The molecule has 0 saturated carbocycles. The smallest absolute Gasteiger partial charge is 0.187 e. The molecule has 0 aromatic heterocycles. The molecule has 0 unspecified atom stereocenters. The Bertz CT molecular complexity index is 332. The highest BCUT2D eigenvalue weighted by molar-refractivity contribution is 5.41. The van der Waals surface area contributed by atoms with Crippen LogP contribution in [-0.2, 0) is 9.47 Å². The molecule has 0 spiro atoms. The van der Waals surface area contributed by atoms with E-state index < -0.39 is 6.29 Å². The number of ether oxygens (including phenoxy) is 4. The van der Waals surface area contributed by atoms with Crippen LogP contribution in [-0.4, -0.2) is 27.4 Å². The number of hydrogen-bond acceptors (Lipinski definition) is 4. The third-order valence-electron chi connectivity index (χ3n) is 2.33. The first-order valence-corrected chi connectivity index (χ1v) is 5.71. The second-order valence-electron chi connectivity index (χ2n) is 3.35. The maximum absolute atomic E-state index is 5.55. The fraction of sp³-hybridized carbons (Fsp3) is 0.538. The molecule has 17 heavy (non-hydrogen) atoms. The average molecular weight is 240 g/mol. The van der Waals surface area contributed by atoms with Crippen LogP contribution in [0.15, 0.2) is 18.2 Å². The number of hydrogen-bond donors (Lipinski definition) is 0. The molecule has 0 amide bonds. The maximum Gasteiger partial charge on any atom is 0.187 e. The van der Waals surface area contributed by atoms with Crippen molar-refractivity contribution in [3.05, 3.63) is 23.8 Å². The van der Waals surface area contributed by atoms with Gasteiger partial charge in [0.1, 0.15) is 11.5 Å². The monoisotopic (exact) mass is 240 g/mol. The molecule has 1 aromatic rings. The van der Waals surface area contributed by atoms with E-state index in [-0.39, 0.29) is 0 Å². The van der Waals surface area contributed by atoms with Crippen LogP contribution in [0.25, 0.3) is 0 Å². The van der Waals surface area contributed by atoms with Crippen molar-refractivity contribution in [2.45, 2.75) is 20.1 Å². The standard InChI is InChI=1S/C13H20O4/c1-5-16-13(17-6-2)11-9-10(14-3)7-8-12(11)15-4/h7-9,13H,5-6H2,1-4H3. The Balaban J connectivity index is 3.04. The molecule has 0 aliphatic heterocycles. The molecule has 4 heteroatoms. The predicted octanol–water partition coefficient (Wildman–Crippen LogP) is 2.78. The molecule has 0 aliphatic carbocycles. The summed E-state index contributed by atoms with van der Waals surface area (Å²) in [5.74, 6) is 1.49. The van der Waals surface area contributed by atoms with Gasteiger partial charge in [0.2, 0.25) is 0 Å². The van der Waals surface area contributed by atoms with E-state index in [9.17, 15) is 0 Å². The highest BCUT2D eigenvalue weighted by Crippen LogP contribution is 2.31. The molecule has 1 aromatic carbocycles. The van der Waals surface area contributed by atoms with E-state index in [4.69, 9.17) is 18.9 Å². The van der Waals surface area contributed by atoms with Crippen LogP contribution in [0.2, 0.25) is 0 Å². The summed E-state index contributed by atoms with van der Waals surface area (Å²) in [6.45, 7) is 5.01. The maximum atomic E-state index is 5.55. The molecule has 96 valence electrons. The van der Waals surface area contributed by atoms with E-state index in [0.717, 1.165) is 17.1 Å². The van der Waals surface area contributed by atoms with Gasteiger partial charge in [0.25, 0.3) is 0 Å². The van der Waals surface area contributed by atoms with Gasteiger partial charge in [0.05, 0.1) is 19.8 Å². The normalized spacial score (nSPS) is 10.6. The predicted molar refractivity (Wildman–Crippen MR) is 65.5 cm³/mol. The number of rotatable bonds is 7. The molecule has 0 saturated heterocycles. The molecule has 4 nitrogen and oxygen atoms in total. The van der Waals surface area contributed by atoms with Gasteiger partial charge in [-0.2, -0.15) is 0 Å². The Morgan fingerprint density at radius 3 is 2.12 bits per heavy atom. The van der Waals surface area contributed by atoms with Gasteiger partial charge in [-0.3, -0.25) is 0 Å². The van der Waals surface area contributed by atoms with Crippen LogP contribution in [0.3, 0.4) is 0 Å². The van der Waals surface area contributed by atoms with E-state index in [1.807, 2.05) is 32.0 Å². The quantitative estimate of drug-likeness (QED) is 0.687. The lowest BCUT2D eigenvalue weighted by Gasteiger charge is -2.20. The van der Waals surface area contributed by atoms with Crippen LogP contribution in [0.4, 0.5) is 0 Å². The molecular formula is C13H20O4. The first kappa shape index (κ1) is 13.8. The Kier molecular flexibility index (Phi) is 5.80. The highest BCUT2D eigenvalue weighted by Gasteiger charge is 2.17. The zero-order valence-corrected chi connectivity index (χ0v) is 10.9. The summed E-state index contributed by atoms with van der Waals surface area (Å²) < 4.78 is 21.6. The Morgan fingerprint density at radius 2 is 1.65 bits per heavy atom. The average Bonchev–Trinajstić information content (AvgIpc) is 2.37. The van der Waals surface area contributed by atoms with Crippen molar-refractivity contribution in [3.63, 3.8) is 0 Å². The second kappa shape index (κ2) is 7.14. The van der Waals surface area contributed by atoms with Crippen LogP contribution in [0, 0.1) is 0 Å². The van der Waals surface area contributed by atoms with Crippen molar-refractivity contribution in [2.75, 3.05) is 27.4 Å². The Morgan fingerprint density at radius 1 is 1.00 bits per heavy atom. The molecule has 0 aliphatic rings. The van der Waals surface area contributed by atoms with Gasteiger partial charge >= 0.3 is 0 Å². The van der Waals surface area contributed by atoms with Crippen LogP contribution in [0.5, 0.6) is 11.5 Å². The van der Waals surface area contributed by atoms with Gasteiger partial charge in [-0.1, -0.05) is 0 Å². The lowest BCUT2D eigenvalue weighted by atomic mass is 10.2. The second-order valence-corrected chi connectivity index (χ2v) is 3.35. The minimum atomic E-state index is -0.421. The molecule has 0 heterocycles. The molecule has 0 bridgehead atoms. The summed E-state index contributed by atoms with van der Waals surface area (Å²) in [5.41, 5.74) is 0.843. The molecule has 1 rings (SSSR count). The van der Waals surface area contributed by atoms with Crippen molar-refractivity contribution in [1.82, 2.24) is 0 Å². The van der Waals surface area contributed by atoms with E-state index in [0.29, 0.717) is 13.2 Å². The molecule has 0 N–H and O–H groups in total. The van der Waals surface area contributed by atoms with Crippen molar-refractivity contribution in [2.24, 2.45) is 0 Å². The van der Waals surface area contributed by atoms with Gasteiger partial charge in [-0.15, -0.1) is 0 Å². The zero-order chi connectivity index (χ0) is 12.7. The van der Waals surface area contributed by atoms with Crippen LogP contribution in [0.1, 0.15) is 25.7 Å². The van der Waals surface area contributed by atoms with Gasteiger partial charge in [-0.05, 0) is 32.0 Å². The lowest BCUT2D eigenvalue weighted by molar-refractivity contribution is -0.141. The lowest BCUT2D eigenvalue weighted by Crippen LogP contribution is -2.10. The third kappa shape index (κ3) is 3.61. The van der Waals surface area contributed by atoms with E-state index in [1.165, 1.54) is 0 Å². The molecule has 0 radical (unpaired) electrons. The van der Waals surface area contributed by atoms with E-state index in [1.54, 1.807) is 14.2 Å². The number of benzene rings is 1. The van der Waals surface area contributed by atoms with Crippen molar-refractivity contribution in [3.8, 4) is 11.5 Å². The summed E-state index contributed by atoms with van der Waals surface area (Å²) in [7, 11) is 3.25. The minimum absolute atomic E-state index is 0.421. The minimum Gasteiger partial charge on any atom is -0.497 e. The van der Waals surface area contributed by atoms with E-state index in [2.05, 4.69) is 0 Å². The third-order valence-corrected chi connectivity index (χ3v) is 2.33. The van der Waals surface area contributed by atoms with Gasteiger partial charge in [0, 0.05) is 13.2 Å². The van der Waals surface area contributed by atoms with Crippen LogP contribution >= 0.6 is 0 Å². The topological polar surface area (TPSA) is 36.9 Å². The van der Waals surface area contributed by atoms with Crippen molar-refractivity contribution >= 4 is 0 Å². The van der Waals surface area contributed by atoms with Crippen molar-refractivity contribution < 1.29 is 18.9 Å². The fourth-order valence-corrected chi connectivity index (χ4v) is 1.55. The summed E-state index contributed by atoms with van der Waals surface area (Å²) in [4.78, 5) is 0. The van der Waals surface area contributed by atoms with Gasteiger partial charge in [0.15, 0.2) is 6.29 Å². The summed E-state index contributed by atoms with van der Waals surface area (Å²) in [5, 5.41) is 0. The molecular weight excluding hydrogens is 220 g/mol. The first-order valence-electron chi connectivity index (χ1n) is 5.71. The van der Waals surface area contributed by atoms with Gasteiger partial charge < -0.3 is 18.9 Å². The first-order chi connectivity index (χ1) is 8.26. The van der Waals surface area contributed by atoms with Gasteiger partial charge in [-0.25, -0.2) is 0 Å². The Labute approximate surface area is 102 Å². The summed E-state index contributed by atoms with van der Waals surface area (Å²) in [6.07, 6.45) is -0.421. The van der Waals surface area contributed by atoms with E-state index >= 15 is 0 Å². The number of methoxy groups -OCH3 is 2. The highest BCUT2D eigenvalue weighted by atomic mass is 16.7. The SMILES string of the molecule is CCOC(OCC)c1cc(OC)ccc1OC. The summed E-state index contributed by atoms with van der Waals surface area (Å²) in [6, 6.07) is 5.56. The fourth-order valence-electron chi connectivity index (χ4n) is 1.55. The molecule has 0 fully saturated rings.